The van der Waals surface area contributed by atoms with E-state index in [0.717, 1.165) is 38.5 Å². The Labute approximate surface area is 159 Å². The van der Waals surface area contributed by atoms with Gasteiger partial charge in [-0.05, 0) is 43.5 Å². The van der Waals surface area contributed by atoms with E-state index < -0.39 is 5.97 Å². The molecule has 2 amide bonds. The first-order chi connectivity index (χ1) is 13.1. The summed E-state index contributed by atoms with van der Waals surface area (Å²) in [5, 5.41) is 5.31. The number of benzene rings is 1. The van der Waals surface area contributed by atoms with E-state index in [0.29, 0.717) is 17.9 Å². The maximum absolute atomic E-state index is 12.1. The number of esters is 1. The van der Waals surface area contributed by atoms with Gasteiger partial charge in [0.2, 0.25) is 0 Å². The van der Waals surface area contributed by atoms with Gasteiger partial charge in [-0.2, -0.15) is 0 Å². The zero-order valence-corrected chi connectivity index (χ0v) is 15.8. The van der Waals surface area contributed by atoms with E-state index in [-0.39, 0.29) is 31.0 Å². The smallest absolute Gasteiger partial charge is 0.325 e. The monoisotopic (exact) mass is 376 g/mol. The van der Waals surface area contributed by atoms with Gasteiger partial charge < -0.3 is 20.1 Å². The zero-order valence-electron chi connectivity index (χ0n) is 15.8. The molecule has 1 aliphatic rings. The van der Waals surface area contributed by atoms with Crippen molar-refractivity contribution in [2.75, 3.05) is 19.8 Å². The second-order valence-electron chi connectivity index (χ2n) is 6.62. The van der Waals surface area contributed by atoms with Crippen LogP contribution in [0.4, 0.5) is 0 Å². The van der Waals surface area contributed by atoms with Gasteiger partial charge in [-0.15, -0.1) is 0 Å². The molecule has 0 saturated heterocycles. The minimum atomic E-state index is -0.649. The van der Waals surface area contributed by atoms with Crippen molar-refractivity contribution in [2.45, 2.75) is 51.5 Å². The van der Waals surface area contributed by atoms with Gasteiger partial charge in [-0.25, -0.2) is 0 Å². The van der Waals surface area contributed by atoms with Gasteiger partial charge in [0.1, 0.15) is 12.3 Å². The summed E-state index contributed by atoms with van der Waals surface area (Å²) in [5.41, 5.74) is 0.421. The lowest BCUT2D eigenvalue weighted by atomic mass is 10.2. The van der Waals surface area contributed by atoms with Crippen LogP contribution in [0.2, 0.25) is 0 Å². The minimum absolute atomic E-state index is 0.185. The van der Waals surface area contributed by atoms with Gasteiger partial charge in [0.05, 0.1) is 6.61 Å². The summed E-state index contributed by atoms with van der Waals surface area (Å²) in [6, 6.07) is 6.89. The number of carbonyl (C=O) groups excluding carboxylic acids is 3. The fourth-order valence-electron chi connectivity index (χ4n) is 2.83. The quantitative estimate of drug-likeness (QED) is 0.482. The summed E-state index contributed by atoms with van der Waals surface area (Å²) in [5.74, 6) is -0.639. The summed E-state index contributed by atoms with van der Waals surface area (Å²) in [4.78, 5) is 35.4. The van der Waals surface area contributed by atoms with Gasteiger partial charge in [0.15, 0.2) is 6.61 Å². The van der Waals surface area contributed by atoms with E-state index in [4.69, 9.17) is 9.47 Å². The minimum Gasteiger partial charge on any atom is -0.494 e. The molecule has 2 rings (SSSR count). The Morgan fingerprint density at radius 2 is 1.81 bits per heavy atom. The highest BCUT2D eigenvalue weighted by atomic mass is 16.5. The lowest BCUT2D eigenvalue weighted by Crippen LogP contribution is -2.37. The average molecular weight is 376 g/mol. The topological polar surface area (TPSA) is 93.7 Å². The zero-order chi connectivity index (χ0) is 19.5. The highest BCUT2D eigenvalue weighted by Crippen LogP contribution is 2.17. The molecule has 2 N–H and O–H groups in total. The Morgan fingerprint density at radius 1 is 1.11 bits per heavy atom. The van der Waals surface area contributed by atoms with Crippen molar-refractivity contribution in [1.29, 1.82) is 0 Å². The van der Waals surface area contributed by atoms with Crippen LogP contribution in [-0.2, 0) is 14.3 Å². The number of amides is 2. The SMILES string of the molecule is CCCCOc1ccc(C(=O)NCC(=O)OCC(=O)NC2CCCC2)cc1. The normalized spacial score (nSPS) is 13.8. The molecule has 7 heteroatoms. The number of rotatable bonds is 10. The van der Waals surface area contributed by atoms with Gasteiger partial charge in [0, 0.05) is 11.6 Å². The number of hydrogen-bond acceptors (Lipinski definition) is 5. The lowest BCUT2D eigenvalue weighted by Gasteiger charge is -2.12. The standard InChI is InChI=1S/C20H28N2O5/c1-2-3-12-26-17-10-8-15(9-11-17)20(25)21-13-19(24)27-14-18(23)22-16-6-4-5-7-16/h8-11,16H,2-7,12-14H2,1H3,(H,21,25)(H,22,23). The third kappa shape index (κ3) is 7.68. The van der Waals surface area contributed by atoms with E-state index in [1.54, 1.807) is 24.3 Å². The molecule has 1 fully saturated rings. The first-order valence-corrected chi connectivity index (χ1v) is 9.54. The molecule has 1 saturated carbocycles. The molecule has 0 aliphatic heterocycles. The molecule has 0 spiro atoms. The predicted octanol–water partition coefficient (Wildman–Crippen LogP) is 2.20. The average Bonchev–Trinajstić information content (AvgIpc) is 3.18. The maximum Gasteiger partial charge on any atom is 0.325 e. The molecule has 1 aromatic rings. The van der Waals surface area contributed by atoms with Crippen LogP contribution in [0.5, 0.6) is 5.75 Å². The number of hydrogen-bond donors (Lipinski definition) is 2. The molecule has 0 heterocycles. The molecule has 148 valence electrons. The van der Waals surface area contributed by atoms with E-state index >= 15 is 0 Å². The largest absolute Gasteiger partial charge is 0.494 e. The van der Waals surface area contributed by atoms with Gasteiger partial charge in [0.25, 0.3) is 11.8 Å². The first kappa shape index (κ1) is 20.7. The third-order valence-corrected chi connectivity index (χ3v) is 4.36. The van der Waals surface area contributed by atoms with Crippen LogP contribution in [0.1, 0.15) is 55.8 Å². The molecule has 27 heavy (non-hydrogen) atoms. The van der Waals surface area contributed by atoms with Crippen LogP contribution in [0.3, 0.4) is 0 Å². The summed E-state index contributed by atoms with van der Waals surface area (Å²) in [7, 11) is 0. The Hall–Kier alpha value is -2.57. The highest BCUT2D eigenvalue weighted by molar-refractivity contribution is 5.96. The van der Waals surface area contributed by atoms with E-state index in [1.165, 1.54) is 0 Å². The Kier molecular flexibility index (Phi) is 8.61. The summed E-state index contributed by atoms with van der Waals surface area (Å²) in [6.07, 6.45) is 6.20. The number of nitrogens with one attached hydrogen (secondary N) is 2. The number of carbonyl (C=O) groups is 3. The summed E-state index contributed by atoms with van der Waals surface area (Å²) < 4.78 is 10.4. The number of ether oxygens (including phenoxy) is 2. The van der Waals surface area contributed by atoms with Crippen LogP contribution in [-0.4, -0.2) is 43.6 Å². The van der Waals surface area contributed by atoms with Crippen LogP contribution in [0, 0.1) is 0 Å². The van der Waals surface area contributed by atoms with Crippen LogP contribution >= 0.6 is 0 Å². The third-order valence-electron chi connectivity index (χ3n) is 4.36. The Bertz CT molecular complexity index is 624. The second kappa shape index (κ2) is 11.2. The van der Waals surface area contributed by atoms with Crippen molar-refractivity contribution in [3.05, 3.63) is 29.8 Å². The van der Waals surface area contributed by atoms with Crippen LogP contribution in [0.25, 0.3) is 0 Å². The van der Waals surface area contributed by atoms with Crippen molar-refractivity contribution in [3.63, 3.8) is 0 Å². The molecule has 1 aromatic carbocycles. The number of unbranched alkanes of at least 4 members (excludes halogenated alkanes) is 1. The molecule has 0 radical (unpaired) electrons. The summed E-state index contributed by atoms with van der Waals surface area (Å²) >= 11 is 0. The van der Waals surface area contributed by atoms with Crippen molar-refractivity contribution in [1.82, 2.24) is 10.6 Å². The van der Waals surface area contributed by atoms with E-state index in [9.17, 15) is 14.4 Å². The fourth-order valence-corrected chi connectivity index (χ4v) is 2.83. The first-order valence-electron chi connectivity index (χ1n) is 9.54. The van der Waals surface area contributed by atoms with Crippen molar-refractivity contribution in [3.8, 4) is 5.75 Å². The predicted molar refractivity (Wildman–Crippen MR) is 101 cm³/mol. The molecule has 1 aliphatic carbocycles. The van der Waals surface area contributed by atoms with Crippen LogP contribution in [0.15, 0.2) is 24.3 Å². The molecule has 0 bridgehead atoms. The Morgan fingerprint density at radius 3 is 2.48 bits per heavy atom. The second-order valence-corrected chi connectivity index (χ2v) is 6.62. The van der Waals surface area contributed by atoms with Crippen LogP contribution < -0.4 is 15.4 Å². The molecule has 0 aromatic heterocycles. The highest BCUT2D eigenvalue weighted by Gasteiger charge is 2.18. The molecular weight excluding hydrogens is 348 g/mol. The molecule has 7 nitrogen and oxygen atoms in total. The van der Waals surface area contributed by atoms with E-state index in [2.05, 4.69) is 17.6 Å². The van der Waals surface area contributed by atoms with Crippen molar-refractivity contribution in [2.24, 2.45) is 0 Å². The Balaban J connectivity index is 1.65. The van der Waals surface area contributed by atoms with Crippen molar-refractivity contribution < 1.29 is 23.9 Å². The molecular formula is C20H28N2O5. The van der Waals surface area contributed by atoms with Crippen molar-refractivity contribution >= 4 is 17.8 Å². The van der Waals surface area contributed by atoms with Gasteiger partial charge in [-0.1, -0.05) is 26.2 Å². The maximum atomic E-state index is 12.1. The van der Waals surface area contributed by atoms with Gasteiger partial charge >= 0.3 is 5.97 Å². The summed E-state index contributed by atoms with van der Waals surface area (Å²) in [6.45, 7) is 2.12. The fraction of sp³-hybridized carbons (Fsp3) is 0.550. The van der Waals surface area contributed by atoms with E-state index in [1.807, 2.05) is 0 Å². The molecule has 0 atom stereocenters. The van der Waals surface area contributed by atoms with Gasteiger partial charge in [-0.3, -0.25) is 14.4 Å². The lowest BCUT2D eigenvalue weighted by molar-refractivity contribution is -0.147. The molecule has 0 unspecified atom stereocenters.